The third kappa shape index (κ3) is 5.95. The number of benzene rings is 1. The molecule has 1 heterocycles. The normalized spacial score (nSPS) is 13.3. The number of carbonyl (C=O) groups excluding carboxylic acids is 2. The van der Waals surface area contributed by atoms with E-state index < -0.39 is 19.0 Å². The lowest BCUT2D eigenvalue weighted by Gasteiger charge is -2.24. The summed E-state index contributed by atoms with van der Waals surface area (Å²) in [4.78, 5) is 22.8. The number of nitrogens with one attached hydrogen (secondary N) is 1. The smallest absolute Gasteiger partial charge is 0.496 e. The van der Waals surface area contributed by atoms with Crippen LogP contribution in [0.2, 0.25) is 0 Å². The first-order valence-corrected chi connectivity index (χ1v) is 8.55. The van der Waals surface area contributed by atoms with Crippen molar-refractivity contribution in [2.75, 3.05) is 40.8 Å². The fourth-order valence-corrected chi connectivity index (χ4v) is 2.54. The topological polar surface area (TPSA) is 102 Å². The molecule has 0 atom stereocenters. The Labute approximate surface area is 158 Å². The van der Waals surface area contributed by atoms with Crippen LogP contribution in [0, 0.1) is 0 Å². The van der Waals surface area contributed by atoms with Gasteiger partial charge in [0.25, 0.3) is 0 Å². The highest BCUT2D eigenvalue weighted by Crippen LogP contribution is 2.32. The molecule has 0 aliphatic carbocycles. The molecule has 1 aromatic rings. The van der Waals surface area contributed by atoms with Crippen molar-refractivity contribution in [1.82, 2.24) is 5.32 Å². The highest BCUT2D eigenvalue weighted by atomic mass is 79.9. The number of amides is 1. The molecule has 2 rings (SSSR count). The molecule has 0 radical (unpaired) electrons. The maximum Gasteiger partial charge on any atom is 0.511 e. The molecule has 0 bridgehead atoms. The lowest BCUT2D eigenvalue weighted by molar-refractivity contribution is -0.121. The van der Waals surface area contributed by atoms with Gasteiger partial charge in [-0.1, -0.05) is 0 Å². The van der Waals surface area contributed by atoms with E-state index in [9.17, 15) is 9.59 Å². The number of ether oxygens (including phenoxy) is 6. The molecule has 26 heavy (non-hydrogen) atoms. The predicted molar refractivity (Wildman–Crippen MR) is 92.5 cm³/mol. The highest BCUT2D eigenvalue weighted by Gasteiger charge is 2.23. The van der Waals surface area contributed by atoms with E-state index in [0.717, 1.165) is 10.0 Å². The number of hydrogen-bond acceptors (Lipinski definition) is 8. The largest absolute Gasteiger partial charge is 0.511 e. The van der Waals surface area contributed by atoms with Gasteiger partial charge in [-0.05, 0) is 40.0 Å². The Morgan fingerprint density at radius 3 is 2.54 bits per heavy atom. The second-order valence-corrected chi connectivity index (χ2v) is 6.05. The van der Waals surface area contributed by atoms with Crippen LogP contribution >= 0.6 is 15.9 Å². The minimum atomic E-state index is -0.905. The van der Waals surface area contributed by atoms with Gasteiger partial charge in [-0.25, -0.2) is 9.59 Å². The Morgan fingerprint density at radius 2 is 1.92 bits per heavy atom. The molecule has 0 unspecified atom stereocenters. The summed E-state index contributed by atoms with van der Waals surface area (Å²) < 4.78 is 30.4. The molecule has 9 nitrogen and oxygen atoms in total. The fourth-order valence-electron chi connectivity index (χ4n) is 2.05. The summed E-state index contributed by atoms with van der Waals surface area (Å²) in [5.41, 5.74) is 0.857. The number of halogens is 1. The third-order valence-electron chi connectivity index (χ3n) is 3.46. The van der Waals surface area contributed by atoms with Gasteiger partial charge in [-0.2, -0.15) is 0 Å². The van der Waals surface area contributed by atoms with Gasteiger partial charge in [-0.3, -0.25) is 0 Å². The van der Waals surface area contributed by atoms with Gasteiger partial charge < -0.3 is 33.7 Å². The number of carbonyl (C=O) groups is 2. The molecular formula is C16H20BrNO8. The minimum Gasteiger partial charge on any atom is -0.496 e. The molecule has 0 saturated carbocycles. The first kappa shape index (κ1) is 20.1. The van der Waals surface area contributed by atoms with Gasteiger partial charge in [0.15, 0.2) is 6.10 Å². The molecule has 1 aliphatic heterocycles. The van der Waals surface area contributed by atoms with Crippen molar-refractivity contribution in [3.8, 4) is 11.5 Å². The van der Waals surface area contributed by atoms with Crippen LogP contribution in [0.1, 0.15) is 5.56 Å². The zero-order valence-corrected chi connectivity index (χ0v) is 16.0. The quantitative estimate of drug-likeness (QED) is 0.491. The summed E-state index contributed by atoms with van der Waals surface area (Å²) in [5, 5.41) is 2.55. The van der Waals surface area contributed by atoms with Crippen molar-refractivity contribution in [2.45, 2.75) is 12.5 Å². The first-order chi connectivity index (χ1) is 12.5. The third-order valence-corrected chi connectivity index (χ3v) is 4.08. The summed E-state index contributed by atoms with van der Waals surface area (Å²) >= 11 is 3.38. The van der Waals surface area contributed by atoms with Gasteiger partial charge in [0.05, 0.1) is 31.9 Å². The lowest BCUT2D eigenvalue weighted by atomic mass is 10.1. The summed E-state index contributed by atoms with van der Waals surface area (Å²) in [7, 11) is 3.13. The van der Waals surface area contributed by atoms with Crippen LogP contribution in [0.3, 0.4) is 0 Å². The summed E-state index contributed by atoms with van der Waals surface area (Å²) in [6.45, 7) is 0.457. The molecule has 1 aromatic carbocycles. The standard InChI is InChI=1S/C16H20BrNO8/c1-21-13-6-12(17)14(22-2)5-10(13)3-4-18-15(19)24-9-25-16(20)26-11-7-23-8-11/h5-6,11H,3-4,7-9H2,1-2H3,(H,18,19). The summed E-state index contributed by atoms with van der Waals surface area (Å²) in [5.74, 6) is 1.33. The van der Waals surface area contributed by atoms with Crippen molar-refractivity contribution in [3.63, 3.8) is 0 Å². The minimum absolute atomic E-state index is 0.295. The maximum absolute atomic E-state index is 11.6. The molecule has 0 spiro atoms. The monoisotopic (exact) mass is 433 g/mol. The van der Waals surface area contributed by atoms with E-state index in [2.05, 4.69) is 26.0 Å². The number of alkyl carbamates (subject to hydrolysis) is 1. The molecule has 144 valence electrons. The number of hydrogen-bond donors (Lipinski definition) is 1. The van der Waals surface area contributed by atoms with Crippen LogP contribution in [0.25, 0.3) is 0 Å². The summed E-state index contributed by atoms with van der Waals surface area (Å²) in [6, 6.07) is 3.61. The van der Waals surface area contributed by atoms with E-state index in [4.69, 9.17) is 23.7 Å². The van der Waals surface area contributed by atoms with Gasteiger partial charge in [0.2, 0.25) is 6.79 Å². The second-order valence-electron chi connectivity index (χ2n) is 5.20. The Bertz CT molecular complexity index is 635. The molecule has 1 saturated heterocycles. The Balaban J connectivity index is 1.68. The zero-order chi connectivity index (χ0) is 18.9. The van der Waals surface area contributed by atoms with Crippen LogP contribution in [0.4, 0.5) is 9.59 Å². The van der Waals surface area contributed by atoms with Crippen molar-refractivity contribution in [3.05, 3.63) is 22.2 Å². The SMILES string of the molecule is COc1cc(CCNC(=O)OCOC(=O)OC2COC2)c(OC)cc1Br. The number of methoxy groups -OCH3 is 2. The van der Waals surface area contributed by atoms with Crippen molar-refractivity contribution < 1.29 is 38.0 Å². The van der Waals surface area contributed by atoms with E-state index >= 15 is 0 Å². The van der Waals surface area contributed by atoms with E-state index in [1.807, 2.05) is 6.07 Å². The van der Waals surface area contributed by atoms with Crippen LogP contribution in [-0.2, 0) is 25.4 Å². The molecule has 1 aliphatic rings. The van der Waals surface area contributed by atoms with Crippen LogP contribution in [-0.4, -0.2) is 59.1 Å². The van der Waals surface area contributed by atoms with Gasteiger partial charge in [0, 0.05) is 6.54 Å². The van der Waals surface area contributed by atoms with E-state index in [1.54, 1.807) is 20.3 Å². The molecular weight excluding hydrogens is 414 g/mol. The average molecular weight is 434 g/mol. The molecule has 1 amide bonds. The van der Waals surface area contributed by atoms with Crippen molar-refractivity contribution in [2.24, 2.45) is 0 Å². The maximum atomic E-state index is 11.6. The molecule has 10 heteroatoms. The van der Waals surface area contributed by atoms with E-state index in [0.29, 0.717) is 37.7 Å². The lowest BCUT2D eigenvalue weighted by Crippen LogP contribution is -2.38. The van der Waals surface area contributed by atoms with Crippen LogP contribution in [0.5, 0.6) is 11.5 Å². The average Bonchev–Trinajstić information content (AvgIpc) is 2.59. The van der Waals surface area contributed by atoms with E-state index in [1.165, 1.54) is 0 Å². The Kier molecular flexibility index (Phi) is 7.79. The second kappa shape index (κ2) is 10.1. The fraction of sp³-hybridized carbons (Fsp3) is 0.500. The summed E-state index contributed by atoms with van der Waals surface area (Å²) in [6.07, 6.45) is -1.42. The van der Waals surface area contributed by atoms with Gasteiger partial charge in [0.1, 0.15) is 11.5 Å². The highest BCUT2D eigenvalue weighted by molar-refractivity contribution is 9.10. The van der Waals surface area contributed by atoms with Crippen molar-refractivity contribution in [1.29, 1.82) is 0 Å². The predicted octanol–water partition coefficient (Wildman–Crippen LogP) is 2.24. The number of rotatable bonds is 8. The van der Waals surface area contributed by atoms with Crippen LogP contribution < -0.4 is 14.8 Å². The Morgan fingerprint density at radius 1 is 1.19 bits per heavy atom. The molecule has 1 fully saturated rings. The van der Waals surface area contributed by atoms with Gasteiger partial charge >= 0.3 is 12.2 Å². The Hall–Kier alpha value is -2.20. The molecule has 1 N–H and O–H groups in total. The van der Waals surface area contributed by atoms with Gasteiger partial charge in [-0.15, -0.1) is 0 Å². The molecule has 0 aromatic heterocycles. The van der Waals surface area contributed by atoms with E-state index in [-0.39, 0.29) is 6.10 Å². The van der Waals surface area contributed by atoms with Crippen molar-refractivity contribution >= 4 is 28.2 Å². The van der Waals surface area contributed by atoms with Crippen LogP contribution in [0.15, 0.2) is 16.6 Å². The zero-order valence-electron chi connectivity index (χ0n) is 14.4. The first-order valence-electron chi connectivity index (χ1n) is 7.75.